The monoisotopic (exact) mass is 1900 g/mol. The number of ether oxygens (including phenoxy) is 1. The average Bonchev–Trinajstić information content (AvgIpc) is 1.66. The van der Waals surface area contributed by atoms with Crippen molar-refractivity contribution >= 4 is 53.2 Å². The number of aryl methyl sites for hydroxylation is 5. The van der Waals surface area contributed by atoms with E-state index in [0.29, 0.717) is 10.8 Å². The van der Waals surface area contributed by atoms with E-state index < -0.39 is 0 Å². The number of nitrogens with zero attached hydrogens (tertiary/aromatic N) is 4. The van der Waals surface area contributed by atoms with E-state index in [0.717, 1.165) is 97.5 Å². The Bertz CT molecular complexity index is 2800. The molecule has 2 aromatic rings. The summed E-state index contributed by atoms with van der Waals surface area (Å²) in [5, 5.41) is 0. The number of carbonyl (C=O) groups excluding carboxylic acids is 9. The molecule has 16 aliphatic rings. The quantitative estimate of drug-likeness (QED) is 0.147. The average molecular weight is 1900 g/mol. The van der Waals surface area contributed by atoms with Gasteiger partial charge in [0.2, 0.25) is 47.3 Å². The fourth-order valence-corrected chi connectivity index (χ4v) is 17.5. The molecule has 2 radical (unpaired) electrons. The molecule has 722 valence electrons. The summed E-state index contributed by atoms with van der Waals surface area (Å²) in [6, 6.07) is 15.0. The van der Waals surface area contributed by atoms with Crippen molar-refractivity contribution in [2.75, 3.05) is 28.2 Å². The number of benzene rings is 2. The van der Waals surface area contributed by atoms with Gasteiger partial charge in [-0.15, -0.1) is 0 Å². The SMILES string of the molecule is C.C.C.C.C.C1CCC1.C1CCC1.C1CCC1.C1CCC1.C1CCC1.C1CCC1.C1CCC1.CC.CC.CC(=O)OC1CCC2(C)C(CCC3C2CCC2(C)C(C(C)CCCC(C)C)CCC32)C1.CCC1C(C)CC(C)C1C.CN1C(=O)CC1=O.CN1C(=O)CC1=O.CN1C(=O)CC1=O.CN1C(=O)CC1=O.Cc1cc(C)cc(C)c1.Cc1ccc(C)cc1.[Y].[Y]. The molecule has 18 rings (SSSR count). The molecule has 0 N–H and O–H groups in total. The number of hydrogen-bond donors (Lipinski definition) is 0. The van der Waals surface area contributed by atoms with E-state index in [1.165, 1.54) is 313 Å². The standard InChI is InChI=1S/C29H50O2.C10H20.C9H12.C8H10.4C4H5NO2.7C4H8.2C2H6.5CH4.2Y/c1-19(2)8-7-9-20(3)25-12-13-26-24-11-10-22-18-23(31-21(4)30)14-16-28(22,5)27(24)15-17-29(25,26)6;1-5-10-8(3)6-7(2)9(10)4;1-7-4-8(2)6-9(3)5-7;1-7-3-5-8(2)6-4-7;4*1-5-3(6)2-4(5)7;7*1-2-4-3-1;2*1-2;;;;;;;/h19-20,22-27H,7-18H2,1-6H3;7-10H,5-6H2,1-4H3;4-6H,1-3H3;3-6H,1-2H3;4*2H2,1H3;7*1-4H2;2*1-2H3;5*1H4;;. The van der Waals surface area contributed by atoms with Crippen LogP contribution >= 0.6 is 0 Å². The number of fused-ring (bicyclic) bond motifs is 5. The number of rotatable bonds is 7. The van der Waals surface area contributed by atoms with Gasteiger partial charge in [0.05, 0.1) is 0 Å². The smallest absolute Gasteiger partial charge is 0.302 e. The molecule has 0 spiro atoms. The summed E-state index contributed by atoms with van der Waals surface area (Å²) in [5.74, 6) is 9.52. The van der Waals surface area contributed by atoms with Crippen LogP contribution in [0.2, 0.25) is 0 Å². The molecule has 13 atom stereocenters. The second kappa shape index (κ2) is 74.1. The van der Waals surface area contributed by atoms with Crippen molar-refractivity contribution in [2.24, 2.45) is 75.9 Å². The van der Waals surface area contributed by atoms with E-state index >= 15 is 0 Å². The summed E-state index contributed by atoms with van der Waals surface area (Å²) >= 11 is 0. The zero-order valence-corrected chi connectivity index (χ0v) is 87.2. The number of hydrogen-bond acceptors (Lipinski definition) is 10. The molecule has 14 nitrogen and oxygen atoms in total. The normalized spacial score (nSPS) is 26.3. The second-order valence-electron chi connectivity index (χ2n) is 38.1. The van der Waals surface area contributed by atoms with Gasteiger partial charge in [-0.25, -0.2) is 0 Å². The van der Waals surface area contributed by atoms with Crippen LogP contribution in [-0.2, 0) is 113 Å². The molecule has 12 saturated carbocycles. The Labute approximate surface area is 823 Å². The van der Waals surface area contributed by atoms with Gasteiger partial charge < -0.3 is 4.74 Å². The van der Waals surface area contributed by atoms with Crippen molar-refractivity contribution < 1.29 is 113 Å². The first-order chi connectivity index (χ1) is 56.1. The van der Waals surface area contributed by atoms with Crippen LogP contribution in [0.25, 0.3) is 0 Å². The predicted molar refractivity (Wildman–Crippen MR) is 526 cm³/mol. The minimum absolute atomic E-state index is 0. The van der Waals surface area contributed by atoms with Crippen LogP contribution in [0, 0.1) is 111 Å². The molecule has 16 fully saturated rings. The second-order valence-corrected chi connectivity index (χ2v) is 38.1. The van der Waals surface area contributed by atoms with Crippen molar-refractivity contribution in [3.05, 3.63) is 70.3 Å². The zero-order valence-electron chi connectivity index (χ0n) is 81.5. The maximum Gasteiger partial charge on any atom is 0.302 e. The Morgan fingerprint density at radius 3 is 0.912 bits per heavy atom. The van der Waals surface area contributed by atoms with Crippen molar-refractivity contribution in [1.29, 1.82) is 0 Å². The minimum atomic E-state index is -0.0877. The van der Waals surface area contributed by atoms with Crippen LogP contribution < -0.4 is 0 Å². The van der Waals surface area contributed by atoms with Crippen molar-refractivity contribution in [3.8, 4) is 0 Å². The van der Waals surface area contributed by atoms with Gasteiger partial charge in [-0.2, -0.15) is 0 Å². The van der Waals surface area contributed by atoms with Crippen molar-refractivity contribution in [2.45, 2.75) is 470 Å². The molecule has 13 unspecified atom stereocenters. The van der Waals surface area contributed by atoms with Gasteiger partial charge in [0.1, 0.15) is 31.8 Å². The third-order valence-corrected chi connectivity index (χ3v) is 28.5. The predicted octanol–water partition coefficient (Wildman–Crippen LogP) is 29.9. The molecular formula is C109H200N4O10Y2. The topological polar surface area (TPSA) is 176 Å². The van der Waals surface area contributed by atoms with E-state index in [9.17, 15) is 43.2 Å². The summed E-state index contributed by atoms with van der Waals surface area (Å²) in [7, 11) is 5.92. The van der Waals surface area contributed by atoms with Crippen LogP contribution in [0.4, 0.5) is 0 Å². The van der Waals surface area contributed by atoms with Gasteiger partial charge in [0.25, 0.3) is 0 Å². The molecule has 12 aliphatic carbocycles. The van der Waals surface area contributed by atoms with Gasteiger partial charge in [-0.1, -0.05) is 403 Å². The molecular weight excluding hydrogens is 1700 g/mol. The molecule has 4 saturated heterocycles. The van der Waals surface area contributed by atoms with E-state index in [-0.39, 0.29) is 188 Å². The number of β-lactam (4-membered cyclic amide) rings is 8. The first kappa shape index (κ1) is 132. The van der Waals surface area contributed by atoms with Crippen LogP contribution in [0.15, 0.2) is 42.5 Å². The fourth-order valence-electron chi connectivity index (χ4n) is 17.5. The number of imide groups is 4. The number of esters is 1. The Hall–Kier alpha value is -3.32. The van der Waals surface area contributed by atoms with Gasteiger partial charge in [0.15, 0.2) is 0 Å². The van der Waals surface area contributed by atoms with E-state index in [1.807, 2.05) is 27.7 Å². The molecule has 4 aliphatic heterocycles. The summed E-state index contributed by atoms with van der Waals surface area (Å²) in [6.45, 7) is 42.4. The minimum Gasteiger partial charge on any atom is -0.463 e. The van der Waals surface area contributed by atoms with Crippen LogP contribution in [-0.4, -0.2) is 107 Å². The summed E-state index contributed by atoms with van der Waals surface area (Å²) in [5.41, 5.74) is 7.80. The van der Waals surface area contributed by atoms with E-state index in [1.54, 1.807) is 6.92 Å². The first-order valence-corrected chi connectivity index (χ1v) is 48.6. The van der Waals surface area contributed by atoms with Gasteiger partial charge in [-0.05, 0) is 175 Å². The Balaban J connectivity index is -0.000000321. The molecule has 125 heavy (non-hydrogen) atoms. The third-order valence-electron chi connectivity index (χ3n) is 28.5. The molecule has 4 heterocycles. The van der Waals surface area contributed by atoms with E-state index in [2.05, 4.69) is 139 Å². The maximum atomic E-state index is 11.5. The maximum absolute atomic E-state index is 11.5. The summed E-state index contributed by atoms with van der Waals surface area (Å²) in [4.78, 5) is 97.1. The summed E-state index contributed by atoms with van der Waals surface area (Å²) < 4.78 is 5.65. The van der Waals surface area contributed by atoms with Crippen LogP contribution in [0.5, 0.6) is 0 Å². The van der Waals surface area contributed by atoms with Crippen LogP contribution in [0.1, 0.15) is 457 Å². The van der Waals surface area contributed by atoms with Crippen molar-refractivity contribution in [3.63, 3.8) is 0 Å². The third kappa shape index (κ3) is 49.8. The Kier molecular flexibility index (Phi) is 78.6. The van der Waals surface area contributed by atoms with E-state index in [4.69, 9.17) is 4.74 Å². The molecule has 8 amide bonds. The van der Waals surface area contributed by atoms with Crippen LogP contribution in [0.3, 0.4) is 0 Å². The molecule has 2 aromatic carbocycles. The number of likely N-dealkylation sites (tertiary alicyclic amines) is 4. The summed E-state index contributed by atoms with van der Waals surface area (Å²) in [6.07, 6.45) is 61.9. The number of carbonyl (C=O) groups is 9. The fraction of sp³-hybridized carbons (Fsp3) is 0.807. The van der Waals surface area contributed by atoms with Gasteiger partial charge in [0, 0.05) is 101 Å². The first-order valence-electron chi connectivity index (χ1n) is 48.6. The van der Waals surface area contributed by atoms with Gasteiger partial charge >= 0.3 is 5.97 Å². The number of amides is 8. The largest absolute Gasteiger partial charge is 0.463 e. The zero-order chi connectivity index (χ0) is 88.5. The Morgan fingerprint density at radius 2 is 0.688 bits per heavy atom. The molecule has 0 aromatic heterocycles. The van der Waals surface area contributed by atoms with Gasteiger partial charge in [-0.3, -0.25) is 62.8 Å². The molecule has 16 heteroatoms. The Morgan fingerprint density at radius 1 is 0.400 bits per heavy atom. The molecule has 0 bridgehead atoms. The van der Waals surface area contributed by atoms with Crippen molar-refractivity contribution in [1.82, 2.24) is 19.6 Å².